The minimum absolute atomic E-state index is 0.0803. The van der Waals surface area contributed by atoms with E-state index in [0.29, 0.717) is 29.9 Å². The first-order valence-electron chi connectivity index (χ1n) is 15.0. The molecule has 0 amide bonds. The average molecular weight is 573 g/mol. The van der Waals surface area contributed by atoms with E-state index in [1.807, 2.05) is 43.3 Å². The van der Waals surface area contributed by atoms with E-state index in [9.17, 15) is 0 Å². The maximum absolute atomic E-state index is 6.69. The van der Waals surface area contributed by atoms with E-state index in [1.54, 1.807) is 7.11 Å². The number of oxazole rings is 1. The van der Waals surface area contributed by atoms with E-state index < -0.39 is 0 Å². The molecule has 43 heavy (non-hydrogen) atoms. The molecule has 0 N–H and O–H groups in total. The maximum Gasteiger partial charge on any atom is 0.226 e. The Bertz CT molecular complexity index is 1920. The largest absolute Gasteiger partial charge is 0.493 e. The van der Waals surface area contributed by atoms with Crippen LogP contribution in [0.3, 0.4) is 0 Å². The van der Waals surface area contributed by atoms with Crippen molar-refractivity contribution < 1.29 is 18.6 Å². The first kappa shape index (κ1) is 27.1. The molecule has 0 saturated heterocycles. The lowest BCUT2D eigenvalue weighted by molar-refractivity contribution is 0.182. The van der Waals surface area contributed by atoms with Crippen LogP contribution in [0.1, 0.15) is 43.7 Å². The minimum Gasteiger partial charge on any atom is -0.493 e. The second kappa shape index (κ2) is 10.8. The molecule has 1 unspecified atom stereocenters. The molecule has 6 nitrogen and oxygen atoms in total. The summed E-state index contributed by atoms with van der Waals surface area (Å²) in [7, 11) is 1.67. The van der Waals surface area contributed by atoms with Gasteiger partial charge in [-0.1, -0.05) is 55.5 Å². The number of rotatable bonds is 10. The Morgan fingerprint density at radius 2 is 1.70 bits per heavy atom. The molecule has 2 atom stereocenters. The van der Waals surface area contributed by atoms with E-state index >= 15 is 0 Å². The van der Waals surface area contributed by atoms with Gasteiger partial charge in [0, 0.05) is 34.3 Å². The zero-order valence-electron chi connectivity index (χ0n) is 25.1. The number of nitrogens with zero attached hydrogens (tertiary/aromatic N) is 2. The van der Waals surface area contributed by atoms with Gasteiger partial charge < -0.3 is 23.2 Å². The van der Waals surface area contributed by atoms with Crippen LogP contribution in [0.2, 0.25) is 0 Å². The highest BCUT2D eigenvalue weighted by molar-refractivity contribution is 6.11. The molecule has 1 fully saturated rings. The Balaban J connectivity index is 1.16. The molecule has 2 heterocycles. The van der Waals surface area contributed by atoms with Crippen LogP contribution in [0.15, 0.2) is 95.4 Å². The molecule has 7 rings (SSSR count). The normalized spacial score (nSPS) is 17.8. The fourth-order valence-electron chi connectivity index (χ4n) is 6.23. The van der Waals surface area contributed by atoms with Crippen molar-refractivity contribution in [1.82, 2.24) is 9.55 Å². The number of fused-ring (bicyclic) bond motifs is 3. The van der Waals surface area contributed by atoms with Crippen molar-refractivity contribution >= 4 is 21.8 Å². The summed E-state index contributed by atoms with van der Waals surface area (Å²) in [4.78, 5) is 4.67. The molecule has 6 aromatic rings. The van der Waals surface area contributed by atoms with Gasteiger partial charge in [0.1, 0.15) is 29.4 Å². The first-order chi connectivity index (χ1) is 21.0. The molecule has 0 bridgehead atoms. The molecule has 4 aromatic carbocycles. The highest BCUT2D eigenvalue weighted by Crippen LogP contribution is 2.50. The number of aromatic nitrogens is 2. The van der Waals surface area contributed by atoms with Gasteiger partial charge in [-0.15, -0.1) is 0 Å². The monoisotopic (exact) mass is 572 g/mol. The predicted octanol–water partition coefficient (Wildman–Crippen LogP) is 8.96. The number of aryl methyl sites for hydroxylation is 1. The summed E-state index contributed by atoms with van der Waals surface area (Å²) in [6.07, 6.45) is 2.25. The number of methoxy groups -OCH3 is 1. The van der Waals surface area contributed by atoms with Crippen molar-refractivity contribution in [2.24, 2.45) is 5.92 Å². The third-order valence-electron chi connectivity index (χ3n) is 8.80. The summed E-state index contributed by atoms with van der Waals surface area (Å²) in [5, 5.41) is 2.38. The molecule has 0 aliphatic heterocycles. The molecule has 6 heteroatoms. The number of hydrogen-bond acceptors (Lipinski definition) is 5. The van der Waals surface area contributed by atoms with Gasteiger partial charge in [-0.3, -0.25) is 0 Å². The van der Waals surface area contributed by atoms with Crippen LogP contribution in [0.5, 0.6) is 17.2 Å². The SMILES string of the molecule is CC[C@@H]1CC1(C)Oc1cccc2c1c1ccccc1n2Cc1ccc(OCc2nc(-c3ccccc3)oc2C)c(OC)c1. The van der Waals surface area contributed by atoms with Crippen LogP contribution < -0.4 is 14.2 Å². The summed E-state index contributed by atoms with van der Waals surface area (Å²) in [5.41, 5.74) is 5.07. The fraction of sp³-hybridized carbons (Fsp3) is 0.270. The fourth-order valence-corrected chi connectivity index (χ4v) is 6.23. The number of hydrogen-bond donors (Lipinski definition) is 0. The van der Waals surface area contributed by atoms with Gasteiger partial charge >= 0.3 is 0 Å². The zero-order valence-corrected chi connectivity index (χ0v) is 25.1. The number of benzene rings is 4. The quantitative estimate of drug-likeness (QED) is 0.164. The first-order valence-corrected chi connectivity index (χ1v) is 15.0. The van der Waals surface area contributed by atoms with Crippen LogP contribution in [0.25, 0.3) is 33.3 Å². The maximum atomic E-state index is 6.69. The lowest BCUT2D eigenvalue weighted by atomic mass is 10.1. The van der Waals surface area contributed by atoms with E-state index in [0.717, 1.165) is 46.7 Å². The summed E-state index contributed by atoms with van der Waals surface area (Å²) >= 11 is 0. The van der Waals surface area contributed by atoms with Crippen LogP contribution in [-0.2, 0) is 13.2 Å². The van der Waals surface area contributed by atoms with Crippen LogP contribution >= 0.6 is 0 Å². The molecule has 1 aliphatic rings. The second-order valence-corrected chi connectivity index (χ2v) is 11.6. The van der Waals surface area contributed by atoms with Gasteiger partial charge in [0.15, 0.2) is 11.5 Å². The molecular formula is C37H36N2O4. The highest BCUT2D eigenvalue weighted by atomic mass is 16.5. The van der Waals surface area contributed by atoms with Crippen molar-refractivity contribution in [3.63, 3.8) is 0 Å². The van der Waals surface area contributed by atoms with Gasteiger partial charge in [-0.25, -0.2) is 4.98 Å². The Hall–Kier alpha value is -4.71. The third kappa shape index (κ3) is 5.01. The number of para-hydroxylation sites is 1. The van der Waals surface area contributed by atoms with E-state index in [2.05, 4.69) is 78.0 Å². The summed E-state index contributed by atoms with van der Waals surface area (Å²) in [6, 6.07) is 31.0. The topological polar surface area (TPSA) is 58.7 Å². The standard InChI is InChI=1S/C37H36N2O4/c1-5-27-21-37(27,3)43-33-17-11-16-31-35(33)28-14-9-10-15-30(28)39(31)22-25-18-19-32(34(20-25)40-4)41-23-29-24(2)42-36(38-29)26-12-7-6-8-13-26/h6-20,27H,5,21-23H2,1-4H3/t27-,37?/m1/s1. The average Bonchev–Trinajstić information content (AvgIpc) is 3.37. The van der Waals surface area contributed by atoms with E-state index in [1.165, 1.54) is 16.3 Å². The van der Waals surface area contributed by atoms with Crippen LogP contribution in [-0.4, -0.2) is 22.3 Å². The lowest BCUT2D eigenvalue weighted by Crippen LogP contribution is -2.16. The van der Waals surface area contributed by atoms with Gasteiger partial charge in [0.05, 0.1) is 12.6 Å². The Labute approximate surface area is 251 Å². The molecule has 0 radical (unpaired) electrons. The van der Waals surface area contributed by atoms with Gasteiger partial charge in [0.2, 0.25) is 5.89 Å². The van der Waals surface area contributed by atoms with Crippen LogP contribution in [0.4, 0.5) is 0 Å². The molecule has 0 spiro atoms. The van der Waals surface area contributed by atoms with Gasteiger partial charge in [0.25, 0.3) is 0 Å². The van der Waals surface area contributed by atoms with Crippen molar-refractivity contribution in [1.29, 1.82) is 0 Å². The van der Waals surface area contributed by atoms with Crippen molar-refractivity contribution in [3.05, 3.63) is 108 Å². The second-order valence-electron chi connectivity index (χ2n) is 11.6. The molecule has 218 valence electrons. The van der Waals surface area contributed by atoms with E-state index in [-0.39, 0.29) is 12.2 Å². The van der Waals surface area contributed by atoms with E-state index in [4.69, 9.17) is 18.6 Å². The molecule has 1 aliphatic carbocycles. The Morgan fingerprint density at radius 3 is 2.49 bits per heavy atom. The predicted molar refractivity (Wildman–Crippen MR) is 170 cm³/mol. The van der Waals surface area contributed by atoms with Gasteiger partial charge in [-0.05, 0) is 74.7 Å². The van der Waals surface area contributed by atoms with Crippen molar-refractivity contribution in [3.8, 4) is 28.7 Å². The van der Waals surface area contributed by atoms with Crippen molar-refractivity contribution in [2.75, 3.05) is 7.11 Å². The Morgan fingerprint density at radius 1 is 0.907 bits per heavy atom. The smallest absolute Gasteiger partial charge is 0.226 e. The van der Waals surface area contributed by atoms with Crippen molar-refractivity contribution in [2.45, 2.75) is 52.4 Å². The molecule has 1 saturated carbocycles. The van der Waals surface area contributed by atoms with Gasteiger partial charge in [-0.2, -0.15) is 0 Å². The minimum atomic E-state index is -0.0803. The summed E-state index contributed by atoms with van der Waals surface area (Å²) in [5.74, 6) is 4.25. The summed E-state index contributed by atoms with van der Waals surface area (Å²) in [6.45, 7) is 7.36. The molecular weight excluding hydrogens is 536 g/mol. The Kier molecular flexibility index (Phi) is 6.85. The molecule has 2 aromatic heterocycles. The lowest BCUT2D eigenvalue weighted by Gasteiger charge is -2.16. The zero-order chi connectivity index (χ0) is 29.6. The number of ether oxygens (including phenoxy) is 3. The highest BCUT2D eigenvalue weighted by Gasteiger charge is 2.51. The van der Waals surface area contributed by atoms with Crippen LogP contribution in [0, 0.1) is 12.8 Å². The third-order valence-corrected chi connectivity index (χ3v) is 8.80. The summed E-state index contributed by atoms with van der Waals surface area (Å²) < 4.78 is 26.9.